The fraction of sp³-hybridized carbons (Fsp3) is 0.700. The Morgan fingerprint density at radius 1 is 0.944 bits per heavy atom. The van der Waals surface area contributed by atoms with Crippen molar-refractivity contribution in [1.29, 1.82) is 0 Å². The van der Waals surface area contributed by atoms with Crippen molar-refractivity contribution in [2.24, 2.45) is 5.73 Å². The van der Waals surface area contributed by atoms with E-state index in [1.54, 1.807) is 0 Å². The van der Waals surface area contributed by atoms with Gasteiger partial charge in [-0.05, 0) is 13.3 Å². The maximum atomic E-state index is 9.00. The first-order valence-corrected chi connectivity index (χ1v) is 4.92. The van der Waals surface area contributed by atoms with Crippen LogP contribution in [0.4, 0.5) is 0 Å². The maximum Gasteiger partial charge on any atom is 0.300 e. The number of hydrogen-bond acceptors (Lipinski definition) is 5. The third kappa shape index (κ3) is 1440. The van der Waals surface area contributed by atoms with Crippen molar-refractivity contribution < 1.29 is 34.8 Å². The summed E-state index contributed by atoms with van der Waals surface area (Å²) in [5, 5.41) is 30.4. The third-order valence-corrected chi connectivity index (χ3v) is 0.584. The SMILES string of the molecule is CC(=O)O.CC(=O)O.CC(=O)O.CC(N)CCO. The van der Waals surface area contributed by atoms with Crippen LogP contribution in [-0.2, 0) is 14.4 Å². The van der Waals surface area contributed by atoms with Gasteiger partial charge in [-0.2, -0.15) is 0 Å². The fourth-order valence-corrected chi connectivity index (χ4v) is 0.204. The zero-order valence-electron chi connectivity index (χ0n) is 11.1. The molecule has 0 aliphatic heterocycles. The molecule has 1 unspecified atom stereocenters. The Labute approximate surface area is 106 Å². The summed E-state index contributed by atoms with van der Waals surface area (Å²) in [6.45, 7) is 5.33. The van der Waals surface area contributed by atoms with E-state index in [1.165, 1.54) is 0 Å². The second kappa shape index (κ2) is 20.7. The molecule has 0 aromatic heterocycles. The molecule has 0 aliphatic rings. The van der Waals surface area contributed by atoms with E-state index in [9.17, 15) is 0 Å². The van der Waals surface area contributed by atoms with Crippen LogP contribution in [0.3, 0.4) is 0 Å². The number of aliphatic hydroxyl groups excluding tert-OH is 1. The van der Waals surface area contributed by atoms with E-state index in [4.69, 9.17) is 40.5 Å². The lowest BCUT2D eigenvalue weighted by molar-refractivity contribution is -0.135. The minimum absolute atomic E-state index is 0.148. The molecule has 18 heavy (non-hydrogen) atoms. The van der Waals surface area contributed by atoms with Crippen molar-refractivity contribution in [3.63, 3.8) is 0 Å². The molecule has 0 radical (unpaired) electrons. The predicted octanol–water partition coefficient (Wildman–Crippen LogP) is -0.0113. The molecule has 0 aliphatic carbocycles. The summed E-state index contributed by atoms with van der Waals surface area (Å²) in [7, 11) is 0. The van der Waals surface area contributed by atoms with Crippen LogP contribution in [0.5, 0.6) is 0 Å². The summed E-state index contributed by atoms with van der Waals surface area (Å²) in [5.41, 5.74) is 5.24. The monoisotopic (exact) mass is 269 g/mol. The maximum absolute atomic E-state index is 9.00. The molecule has 0 rings (SSSR count). The predicted molar refractivity (Wildman–Crippen MR) is 65.3 cm³/mol. The van der Waals surface area contributed by atoms with Crippen molar-refractivity contribution in [3.8, 4) is 0 Å². The zero-order chi connectivity index (χ0) is 15.7. The van der Waals surface area contributed by atoms with Gasteiger partial charge in [0.05, 0.1) is 0 Å². The molecule has 1 atom stereocenters. The summed E-state index contributed by atoms with van der Waals surface area (Å²) in [6, 6.07) is 0.148. The molecule has 0 bridgehead atoms. The number of aliphatic carboxylic acids is 3. The highest BCUT2D eigenvalue weighted by Crippen LogP contribution is 1.79. The standard InChI is InChI=1S/C4H11NO.3C2H4O2/c1-4(5)2-3-6;3*1-2(3)4/h4,6H,2-3,5H2,1H3;3*1H3,(H,3,4). The van der Waals surface area contributed by atoms with E-state index in [-0.39, 0.29) is 12.6 Å². The van der Waals surface area contributed by atoms with E-state index < -0.39 is 17.9 Å². The Balaban J connectivity index is -0.0000000742. The van der Waals surface area contributed by atoms with Gasteiger partial charge in [0.1, 0.15) is 0 Å². The van der Waals surface area contributed by atoms with Gasteiger partial charge in [0.15, 0.2) is 0 Å². The number of nitrogens with two attached hydrogens (primary N) is 1. The normalized spacial score (nSPS) is 9.00. The minimum Gasteiger partial charge on any atom is -0.481 e. The van der Waals surface area contributed by atoms with Gasteiger partial charge in [-0.1, -0.05) is 0 Å². The highest BCUT2D eigenvalue weighted by molar-refractivity contribution is 5.63. The first-order chi connectivity index (χ1) is 7.97. The third-order valence-electron chi connectivity index (χ3n) is 0.584. The Bertz CT molecular complexity index is 176. The van der Waals surface area contributed by atoms with E-state index >= 15 is 0 Å². The van der Waals surface area contributed by atoms with Crippen LogP contribution in [0.25, 0.3) is 0 Å². The first kappa shape index (κ1) is 25.2. The molecule has 0 fully saturated rings. The van der Waals surface area contributed by atoms with Crippen molar-refractivity contribution in [2.45, 2.75) is 40.2 Å². The average Bonchev–Trinajstić information content (AvgIpc) is 1.98. The van der Waals surface area contributed by atoms with E-state index in [1.807, 2.05) is 6.92 Å². The lowest BCUT2D eigenvalue weighted by Gasteiger charge is -1.96. The summed E-state index contributed by atoms with van der Waals surface area (Å²) in [6.07, 6.45) is 0.708. The van der Waals surface area contributed by atoms with E-state index in [0.717, 1.165) is 20.8 Å². The van der Waals surface area contributed by atoms with Crippen LogP contribution in [0.1, 0.15) is 34.1 Å². The molecule has 110 valence electrons. The number of carbonyl (C=O) groups is 3. The molecular weight excluding hydrogens is 246 g/mol. The number of carboxylic acid groups (broad SMARTS) is 3. The van der Waals surface area contributed by atoms with Gasteiger partial charge in [-0.3, -0.25) is 14.4 Å². The van der Waals surface area contributed by atoms with Crippen LogP contribution < -0.4 is 5.73 Å². The molecule has 8 nitrogen and oxygen atoms in total. The summed E-state index contributed by atoms with van der Waals surface area (Å²) >= 11 is 0. The van der Waals surface area contributed by atoms with Crippen LogP contribution in [-0.4, -0.2) is 51.0 Å². The minimum atomic E-state index is -0.833. The summed E-state index contributed by atoms with van der Waals surface area (Å²) in [5.74, 6) is -2.50. The number of rotatable bonds is 2. The van der Waals surface area contributed by atoms with Crippen molar-refractivity contribution >= 4 is 17.9 Å². The summed E-state index contributed by atoms with van der Waals surface area (Å²) in [4.78, 5) is 27.0. The van der Waals surface area contributed by atoms with Crippen molar-refractivity contribution in [2.75, 3.05) is 6.61 Å². The van der Waals surface area contributed by atoms with Crippen molar-refractivity contribution in [1.82, 2.24) is 0 Å². The quantitative estimate of drug-likeness (QED) is 0.468. The zero-order valence-corrected chi connectivity index (χ0v) is 11.1. The van der Waals surface area contributed by atoms with Gasteiger partial charge in [-0.25, -0.2) is 0 Å². The molecule has 0 amide bonds. The van der Waals surface area contributed by atoms with Gasteiger partial charge in [0.2, 0.25) is 0 Å². The van der Waals surface area contributed by atoms with Crippen molar-refractivity contribution in [3.05, 3.63) is 0 Å². The van der Waals surface area contributed by atoms with Gasteiger partial charge in [0.25, 0.3) is 17.9 Å². The van der Waals surface area contributed by atoms with Gasteiger partial charge in [-0.15, -0.1) is 0 Å². The van der Waals surface area contributed by atoms with Gasteiger partial charge >= 0.3 is 0 Å². The largest absolute Gasteiger partial charge is 0.481 e. The lowest BCUT2D eigenvalue weighted by atomic mass is 10.3. The molecule has 6 N–H and O–H groups in total. The highest BCUT2D eigenvalue weighted by atomic mass is 16.4. The van der Waals surface area contributed by atoms with Crippen LogP contribution in [0.2, 0.25) is 0 Å². The molecule has 0 heterocycles. The second-order valence-corrected chi connectivity index (χ2v) is 3.05. The van der Waals surface area contributed by atoms with Crippen LogP contribution in [0.15, 0.2) is 0 Å². The Morgan fingerprint density at radius 3 is 1.11 bits per heavy atom. The molecule has 0 aromatic rings. The van der Waals surface area contributed by atoms with Gasteiger partial charge < -0.3 is 26.2 Å². The molecular formula is C10H23NO7. The highest BCUT2D eigenvalue weighted by Gasteiger charge is 1.86. The number of hydrogen-bond donors (Lipinski definition) is 5. The van der Waals surface area contributed by atoms with E-state index in [2.05, 4.69) is 0 Å². The van der Waals surface area contributed by atoms with Crippen LogP contribution in [0, 0.1) is 0 Å². The average molecular weight is 269 g/mol. The number of aliphatic hydroxyl groups is 1. The molecule has 0 saturated heterocycles. The second-order valence-electron chi connectivity index (χ2n) is 3.05. The molecule has 0 saturated carbocycles. The Hall–Kier alpha value is -1.67. The van der Waals surface area contributed by atoms with Gasteiger partial charge in [0, 0.05) is 33.4 Å². The topological polar surface area (TPSA) is 158 Å². The summed E-state index contributed by atoms with van der Waals surface area (Å²) < 4.78 is 0. The Morgan fingerprint density at radius 2 is 1.11 bits per heavy atom. The van der Waals surface area contributed by atoms with E-state index in [0.29, 0.717) is 6.42 Å². The fourth-order valence-electron chi connectivity index (χ4n) is 0.204. The molecule has 0 spiro atoms. The Kier molecular flexibility index (Phi) is 29.0. The molecule has 0 aromatic carbocycles. The first-order valence-electron chi connectivity index (χ1n) is 4.92. The smallest absolute Gasteiger partial charge is 0.300 e. The molecule has 8 heteroatoms. The lowest BCUT2D eigenvalue weighted by Crippen LogP contribution is -2.15. The number of carboxylic acids is 3. The van der Waals surface area contributed by atoms with Crippen LogP contribution >= 0.6 is 0 Å².